The molecule has 0 saturated carbocycles. The molecular weight excluding hydrogens is 779 g/mol. The van der Waals surface area contributed by atoms with Crippen LogP contribution in [-0.4, -0.2) is 39.1 Å². The Morgan fingerprint density at radius 3 is 0.758 bits per heavy atom. The SMILES string of the molecule is CC(C)c1cccc(C(C)C)c1N[CH2][Al]([C]#Cc1ccccc1)[C]#Cc1ccccc1.CC(C)c1cccc(C(C)C)c1N[CH2][Al]([C]#Cc1ccccc1)[C]#Cc1ccccc1. The number of hydrogen-bond donors (Lipinski definition) is 2. The first kappa shape index (κ1) is 47.3. The van der Waals surface area contributed by atoms with Crippen molar-refractivity contribution in [2.24, 2.45) is 0 Å². The lowest BCUT2D eigenvalue weighted by molar-refractivity contribution is 0.836. The first-order valence-corrected chi connectivity index (χ1v) is 26.0. The molecule has 0 heterocycles. The second-order valence-electron chi connectivity index (χ2n) is 16.7. The van der Waals surface area contributed by atoms with E-state index in [2.05, 4.69) is 194 Å². The Balaban J connectivity index is 0.000000234. The molecular formula is C58H60Al2N2. The zero-order valence-electron chi connectivity index (χ0n) is 37.9. The summed E-state index contributed by atoms with van der Waals surface area (Å²) in [6.07, 6.45) is 0. The minimum absolute atomic E-state index is 0.465. The third-order valence-corrected chi connectivity index (χ3v) is 13.6. The standard InChI is InChI=1S/2C13H20N.4C8H5.2Al/c2*1-9(2)11-7-6-8-12(10(3)4)13(11)14-5;4*1-2-8-6-4-3-5-7-8;;/h2*6-10,14H,5H2,1-4H3;4*3-7H;;. The molecule has 0 aliphatic carbocycles. The largest absolute Gasteiger partial charge is 0.496 e. The molecule has 4 heteroatoms. The van der Waals surface area contributed by atoms with Crippen molar-refractivity contribution in [2.45, 2.75) is 79.1 Å². The number of rotatable bonds is 10. The van der Waals surface area contributed by atoms with E-state index in [0.29, 0.717) is 23.7 Å². The van der Waals surface area contributed by atoms with Gasteiger partial charge in [0.05, 0.1) is 0 Å². The van der Waals surface area contributed by atoms with Crippen molar-refractivity contribution in [1.82, 2.24) is 0 Å². The smallest absolute Gasteiger partial charge is 0.396 e. The van der Waals surface area contributed by atoms with Gasteiger partial charge in [-0.05, 0) is 105 Å². The molecule has 0 unspecified atom stereocenters. The molecule has 6 aromatic rings. The Kier molecular flexibility index (Phi) is 19.2. The van der Waals surface area contributed by atoms with Gasteiger partial charge in [0, 0.05) is 33.6 Å². The van der Waals surface area contributed by atoms with Crippen LogP contribution in [0.1, 0.15) is 124 Å². The summed E-state index contributed by atoms with van der Waals surface area (Å²) in [4.78, 5) is 14.1. The Labute approximate surface area is 382 Å². The lowest BCUT2D eigenvalue weighted by Gasteiger charge is -2.21. The van der Waals surface area contributed by atoms with Gasteiger partial charge >= 0.3 is 28.3 Å². The van der Waals surface area contributed by atoms with E-state index in [1.54, 1.807) is 0 Å². The summed E-state index contributed by atoms with van der Waals surface area (Å²) >= 11 is -3.36. The molecule has 0 aromatic heterocycles. The number of anilines is 2. The summed E-state index contributed by atoms with van der Waals surface area (Å²) < 4.78 is 0. The van der Waals surface area contributed by atoms with E-state index >= 15 is 0 Å². The fraction of sp³-hybridized carbons (Fsp3) is 0.241. The van der Waals surface area contributed by atoms with Crippen molar-refractivity contribution < 1.29 is 0 Å². The number of nitrogens with one attached hydrogen (secondary N) is 2. The maximum absolute atomic E-state index is 3.77. The van der Waals surface area contributed by atoms with Crippen LogP contribution in [0.5, 0.6) is 0 Å². The van der Waals surface area contributed by atoms with Gasteiger partial charge in [0.2, 0.25) is 0 Å². The van der Waals surface area contributed by atoms with Crippen molar-refractivity contribution >= 4 is 39.7 Å². The summed E-state index contributed by atoms with van der Waals surface area (Å²) in [6, 6.07) is 54.1. The Morgan fingerprint density at radius 2 is 0.548 bits per heavy atom. The van der Waals surface area contributed by atoms with Crippen molar-refractivity contribution in [3.8, 4) is 42.8 Å². The predicted molar refractivity (Wildman–Crippen MR) is 271 cm³/mol. The molecule has 0 saturated heterocycles. The van der Waals surface area contributed by atoms with Gasteiger partial charge in [0.15, 0.2) is 0 Å². The van der Waals surface area contributed by atoms with Crippen LogP contribution in [0.15, 0.2) is 158 Å². The third-order valence-electron chi connectivity index (χ3n) is 10.4. The molecule has 62 heavy (non-hydrogen) atoms. The van der Waals surface area contributed by atoms with Crippen LogP contribution in [0.25, 0.3) is 0 Å². The van der Waals surface area contributed by atoms with Gasteiger partial charge in [0.25, 0.3) is 0 Å². The molecule has 2 nitrogen and oxygen atoms in total. The van der Waals surface area contributed by atoms with Gasteiger partial charge in [0.1, 0.15) is 0 Å². The number of para-hydroxylation sites is 2. The molecule has 0 spiro atoms. The van der Waals surface area contributed by atoms with Gasteiger partial charge in [-0.2, -0.15) is 19.1 Å². The molecule has 0 amide bonds. The van der Waals surface area contributed by atoms with Gasteiger partial charge in [-0.15, -0.1) is 0 Å². The second-order valence-corrected chi connectivity index (χ2v) is 20.8. The average molecular weight is 839 g/mol. The van der Waals surface area contributed by atoms with E-state index in [-0.39, 0.29) is 0 Å². The highest BCUT2D eigenvalue weighted by Crippen LogP contribution is 2.33. The molecule has 0 aliphatic heterocycles. The van der Waals surface area contributed by atoms with Crippen molar-refractivity contribution in [3.63, 3.8) is 0 Å². The van der Waals surface area contributed by atoms with E-state index < -0.39 is 28.3 Å². The molecule has 0 radical (unpaired) electrons. The normalized spacial score (nSPS) is 10.1. The average Bonchev–Trinajstić information content (AvgIpc) is 3.29. The van der Waals surface area contributed by atoms with Crippen LogP contribution in [0, 0.1) is 42.8 Å². The summed E-state index contributed by atoms with van der Waals surface area (Å²) in [6.45, 7) is 18.0. The van der Waals surface area contributed by atoms with Crippen molar-refractivity contribution in [3.05, 3.63) is 202 Å². The topological polar surface area (TPSA) is 24.1 Å². The van der Waals surface area contributed by atoms with Crippen molar-refractivity contribution in [2.75, 3.05) is 21.4 Å². The van der Waals surface area contributed by atoms with E-state index in [9.17, 15) is 0 Å². The van der Waals surface area contributed by atoms with E-state index in [1.165, 1.54) is 33.6 Å². The lowest BCUT2D eigenvalue weighted by atomic mass is 9.93. The minimum atomic E-state index is -1.68. The number of benzene rings is 6. The van der Waals surface area contributed by atoms with Crippen LogP contribution in [-0.2, 0) is 0 Å². The Morgan fingerprint density at radius 1 is 0.323 bits per heavy atom. The van der Waals surface area contributed by atoms with Crippen molar-refractivity contribution in [1.29, 1.82) is 0 Å². The molecule has 0 bridgehead atoms. The van der Waals surface area contributed by atoms with Crippen LogP contribution in [0.3, 0.4) is 0 Å². The van der Waals surface area contributed by atoms with Crippen LogP contribution < -0.4 is 10.6 Å². The zero-order chi connectivity index (χ0) is 44.1. The monoisotopic (exact) mass is 838 g/mol. The predicted octanol–water partition coefficient (Wildman–Crippen LogP) is 13.1. The maximum Gasteiger partial charge on any atom is 0.496 e. The summed E-state index contributed by atoms with van der Waals surface area (Å²) in [5.41, 5.74) is 12.2. The third kappa shape index (κ3) is 15.3. The highest BCUT2D eigenvalue weighted by Gasteiger charge is 2.20. The van der Waals surface area contributed by atoms with Crippen LogP contribution in [0.2, 0.25) is 0 Å². The zero-order valence-corrected chi connectivity index (χ0v) is 40.2. The second kappa shape index (κ2) is 25.2. The van der Waals surface area contributed by atoms with E-state index in [1.807, 2.05) is 72.8 Å². The number of hydrogen-bond acceptors (Lipinski definition) is 2. The fourth-order valence-electron chi connectivity index (χ4n) is 6.96. The van der Waals surface area contributed by atoms with Crippen LogP contribution in [0.4, 0.5) is 11.4 Å². The van der Waals surface area contributed by atoms with Gasteiger partial charge in [-0.25, -0.2) is 0 Å². The summed E-state index contributed by atoms with van der Waals surface area (Å²) in [5, 5.41) is 9.19. The first-order chi connectivity index (χ1) is 30.1. The lowest BCUT2D eigenvalue weighted by Crippen LogP contribution is -2.23. The molecule has 308 valence electrons. The highest BCUT2D eigenvalue weighted by atomic mass is 27.2. The first-order valence-electron chi connectivity index (χ1n) is 22.1. The minimum Gasteiger partial charge on any atom is -0.396 e. The molecule has 0 fully saturated rings. The molecule has 6 rings (SSSR count). The van der Waals surface area contributed by atoms with Gasteiger partial charge in [-0.1, -0.05) is 188 Å². The molecule has 0 atom stereocenters. The molecule has 0 aliphatic rings. The maximum atomic E-state index is 3.77. The Hall–Kier alpha value is -5.78. The summed E-state index contributed by atoms with van der Waals surface area (Å²) in [5.74, 6) is 15.3. The Bertz CT molecular complexity index is 2200. The van der Waals surface area contributed by atoms with Gasteiger partial charge in [-0.3, -0.25) is 0 Å². The fourth-order valence-corrected chi connectivity index (χ4v) is 9.70. The van der Waals surface area contributed by atoms with E-state index in [0.717, 1.165) is 33.1 Å². The van der Waals surface area contributed by atoms with Crippen LogP contribution >= 0.6 is 0 Å². The highest BCUT2D eigenvalue weighted by molar-refractivity contribution is 6.76. The van der Waals surface area contributed by atoms with E-state index in [4.69, 9.17) is 0 Å². The molecule has 2 N–H and O–H groups in total. The van der Waals surface area contributed by atoms with Gasteiger partial charge < -0.3 is 10.6 Å². The quantitative estimate of drug-likeness (QED) is 0.106. The molecule has 6 aromatic carbocycles. The summed E-state index contributed by atoms with van der Waals surface area (Å²) in [7, 11) is 0.